The fourth-order valence-electron chi connectivity index (χ4n) is 2.28. The summed E-state index contributed by atoms with van der Waals surface area (Å²) in [7, 11) is 0. The first kappa shape index (κ1) is 13.7. The molecule has 100 valence electrons. The van der Waals surface area contributed by atoms with Gasteiger partial charge in [0.25, 0.3) is 0 Å². The number of benzene rings is 1. The van der Waals surface area contributed by atoms with E-state index < -0.39 is 0 Å². The van der Waals surface area contributed by atoms with E-state index in [2.05, 4.69) is 18.7 Å². The minimum atomic E-state index is -0.160. The third kappa shape index (κ3) is 2.98. The van der Waals surface area contributed by atoms with Crippen LogP contribution in [0, 0.1) is 5.82 Å². The van der Waals surface area contributed by atoms with Crippen molar-refractivity contribution in [2.45, 2.75) is 31.6 Å². The SMILES string of the molecule is C[C@H](N)c1ccc(N2CCSC(C)(C)C2)c(F)c1. The molecule has 1 aliphatic rings. The molecule has 1 aliphatic heterocycles. The van der Waals surface area contributed by atoms with Crippen LogP contribution in [0.25, 0.3) is 0 Å². The molecule has 0 saturated carbocycles. The minimum Gasteiger partial charge on any atom is -0.367 e. The Morgan fingerprint density at radius 2 is 2.17 bits per heavy atom. The third-order valence-corrected chi connectivity index (χ3v) is 4.56. The first-order valence-electron chi connectivity index (χ1n) is 6.33. The summed E-state index contributed by atoms with van der Waals surface area (Å²) in [5, 5.41) is 0. The number of nitrogens with zero attached hydrogens (tertiary/aromatic N) is 1. The summed E-state index contributed by atoms with van der Waals surface area (Å²) in [6.45, 7) is 8.07. The monoisotopic (exact) mass is 268 g/mol. The topological polar surface area (TPSA) is 29.3 Å². The van der Waals surface area contributed by atoms with Crippen molar-refractivity contribution in [3.63, 3.8) is 0 Å². The van der Waals surface area contributed by atoms with Crippen LogP contribution in [0.15, 0.2) is 18.2 Å². The van der Waals surface area contributed by atoms with Crippen molar-refractivity contribution in [2.24, 2.45) is 5.73 Å². The van der Waals surface area contributed by atoms with E-state index >= 15 is 0 Å². The highest BCUT2D eigenvalue weighted by Gasteiger charge is 2.28. The first-order valence-corrected chi connectivity index (χ1v) is 7.31. The zero-order chi connectivity index (χ0) is 13.3. The molecule has 1 aromatic rings. The lowest BCUT2D eigenvalue weighted by atomic mass is 10.1. The molecule has 2 N–H and O–H groups in total. The van der Waals surface area contributed by atoms with Crippen molar-refractivity contribution in [3.05, 3.63) is 29.6 Å². The highest BCUT2D eigenvalue weighted by Crippen LogP contribution is 2.33. The molecule has 1 heterocycles. The zero-order valence-corrected chi connectivity index (χ0v) is 12.1. The van der Waals surface area contributed by atoms with Gasteiger partial charge >= 0.3 is 0 Å². The van der Waals surface area contributed by atoms with Crippen LogP contribution in [0.4, 0.5) is 10.1 Å². The fourth-order valence-corrected chi connectivity index (χ4v) is 3.40. The molecule has 4 heteroatoms. The van der Waals surface area contributed by atoms with Gasteiger partial charge in [-0.3, -0.25) is 0 Å². The molecule has 1 fully saturated rings. The summed E-state index contributed by atoms with van der Waals surface area (Å²) in [6, 6.07) is 5.23. The van der Waals surface area contributed by atoms with Crippen molar-refractivity contribution in [2.75, 3.05) is 23.7 Å². The number of nitrogens with two attached hydrogens (primary N) is 1. The normalized spacial score (nSPS) is 20.8. The van der Waals surface area contributed by atoms with Gasteiger partial charge in [0.15, 0.2) is 0 Å². The number of hydrogen-bond acceptors (Lipinski definition) is 3. The Bertz CT molecular complexity index is 432. The van der Waals surface area contributed by atoms with Gasteiger partial charge in [-0.25, -0.2) is 4.39 Å². The number of halogens is 1. The van der Waals surface area contributed by atoms with Crippen LogP contribution < -0.4 is 10.6 Å². The second kappa shape index (κ2) is 5.10. The van der Waals surface area contributed by atoms with E-state index in [1.165, 1.54) is 0 Å². The molecule has 1 atom stereocenters. The van der Waals surface area contributed by atoms with Crippen LogP contribution in [0.1, 0.15) is 32.4 Å². The molecule has 18 heavy (non-hydrogen) atoms. The van der Waals surface area contributed by atoms with Gasteiger partial charge in [-0.1, -0.05) is 6.07 Å². The molecule has 1 saturated heterocycles. The van der Waals surface area contributed by atoms with Gasteiger partial charge in [-0.2, -0.15) is 11.8 Å². The molecule has 0 bridgehead atoms. The second-order valence-electron chi connectivity index (χ2n) is 5.53. The number of hydrogen-bond donors (Lipinski definition) is 1. The average molecular weight is 268 g/mol. The summed E-state index contributed by atoms with van der Waals surface area (Å²) in [6.07, 6.45) is 0. The maximum absolute atomic E-state index is 14.1. The van der Waals surface area contributed by atoms with E-state index in [9.17, 15) is 4.39 Å². The summed E-state index contributed by atoms with van der Waals surface area (Å²) in [5.41, 5.74) is 7.32. The molecule has 2 nitrogen and oxygen atoms in total. The molecule has 2 rings (SSSR count). The van der Waals surface area contributed by atoms with Crippen molar-refractivity contribution >= 4 is 17.4 Å². The smallest absolute Gasteiger partial charge is 0.146 e. The maximum atomic E-state index is 14.1. The largest absolute Gasteiger partial charge is 0.367 e. The lowest BCUT2D eigenvalue weighted by molar-refractivity contribution is 0.594. The highest BCUT2D eigenvalue weighted by molar-refractivity contribution is 8.00. The van der Waals surface area contributed by atoms with E-state index in [0.717, 1.165) is 24.4 Å². The van der Waals surface area contributed by atoms with Crippen LogP contribution in [0.2, 0.25) is 0 Å². The van der Waals surface area contributed by atoms with E-state index in [4.69, 9.17) is 5.73 Å². The summed E-state index contributed by atoms with van der Waals surface area (Å²) >= 11 is 1.95. The zero-order valence-electron chi connectivity index (χ0n) is 11.2. The number of thioether (sulfide) groups is 1. The Balaban J connectivity index is 2.23. The van der Waals surface area contributed by atoms with Gasteiger partial charge in [0, 0.05) is 29.6 Å². The van der Waals surface area contributed by atoms with Gasteiger partial charge in [0.1, 0.15) is 5.82 Å². The van der Waals surface area contributed by atoms with Crippen LogP contribution in [-0.2, 0) is 0 Å². The molecule has 0 spiro atoms. The molecule has 0 radical (unpaired) electrons. The van der Waals surface area contributed by atoms with Crippen LogP contribution >= 0.6 is 11.8 Å². The van der Waals surface area contributed by atoms with Crippen molar-refractivity contribution in [1.82, 2.24) is 0 Å². The Morgan fingerprint density at radius 1 is 1.44 bits per heavy atom. The Morgan fingerprint density at radius 3 is 2.72 bits per heavy atom. The van der Waals surface area contributed by atoms with Gasteiger partial charge in [0.2, 0.25) is 0 Å². The van der Waals surface area contributed by atoms with Gasteiger partial charge < -0.3 is 10.6 Å². The molecule has 0 amide bonds. The van der Waals surface area contributed by atoms with Gasteiger partial charge in [-0.15, -0.1) is 0 Å². The van der Waals surface area contributed by atoms with Crippen LogP contribution in [0.5, 0.6) is 0 Å². The summed E-state index contributed by atoms with van der Waals surface area (Å²) in [4.78, 5) is 2.14. The van der Waals surface area contributed by atoms with Crippen molar-refractivity contribution < 1.29 is 4.39 Å². The minimum absolute atomic E-state index is 0.123. The van der Waals surface area contributed by atoms with Crippen molar-refractivity contribution in [3.8, 4) is 0 Å². The molecule has 0 unspecified atom stereocenters. The molecule has 1 aromatic carbocycles. The highest BCUT2D eigenvalue weighted by atomic mass is 32.2. The predicted molar refractivity (Wildman–Crippen MR) is 77.8 cm³/mol. The average Bonchev–Trinajstić information content (AvgIpc) is 2.27. The Kier molecular flexibility index (Phi) is 3.87. The Hall–Kier alpha value is -0.740. The molecule has 0 aliphatic carbocycles. The van der Waals surface area contributed by atoms with E-state index in [0.29, 0.717) is 5.69 Å². The predicted octanol–water partition coefficient (Wildman–Crippen LogP) is 3.18. The van der Waals surface area contributed by atoms with E-state index in [1.54, 1.807) is 6.07 Å². The lowest BCUT2D eigenvalue weighted by Crippen LogP contribution is -2.43. The molecular weight excluding hydrogens is 247 g/mol. The number of rotatable bonds is 2. The maximum Gasteiger partial charge on any atom is 0.146 e. The first-order chi connectivity index (χ1) is 8.39. The lowest BCUT2D eigenvalue weighted by Gasteiger charge is -2.39. The van der Waals surface area contributed by atoms with Crippen molar-refractivity contribution in [1.29, 1.82) is 0 Å². The van der Waals surface area contributed by atoms with Crippen LogP contribution in [0.3, 0.4) is 0 Å². The molecule has 0 aromatic heterocycles. The number of anilines is 1. The Labute approximate surface area is 113 Å². The summed E-state index contributed by atoms with van der Waals surface area (Å²) < 4.78 is 14.3. The van der Waals surface area contributed by atoms with E-state index in [-0.39, 0.29) is 16.6 Å². The van der Waals surface area contributed by atoms with Gasteiger partial charge in [-0.05, 0) is 38.5 Å². The standard InChI is InChI=1S/C14H21FN2S/c1-10(16)11-4-5-13(12(15)8-11)17-6-7-18-14(2,3)9-17/h4-5,8,10H,6-7,9,16H2,1-3H3/t10-/m0/s1. The van der Waals surface area contributed by atoms with Gasteiger partial charge in [0.05, 0.1) is 5.69 Å². The van der Waals surface area contributed by atoms with Crippen LogP contribution in [-0.4, -0.2) is 23.6 Å². The molecular formula is C14H21FN2S. The van der Waals surface area contributed by atoms with E-state index in [1.807, 2.05) is 30.8 Å². The third-order valence-electron chi connectivity index (χ3n) is 3.26. The quantitative estimate of drug-likeness (QED) is 0.893. The summed E-state index contributed by atoms with van der Waals surface area (Å²) in [5.74, 6) is 0.883. The second-order valence-corrected chi connectivity index (χ2v) is 7.33. The fraction of sp³-hybridized carbons (Fsp3) is 0.571.